The maximum absolute atomic E-state index is 13.0. The van der Waals surface area contributed by atoms with Crippen molar-refractivity contribution in [2.24, 2.45) is 5.73 Å². The zero-order valence-electron chi connectivity index (χ0n) is 22.2. The number of hydrogen-bond donors (Lipinski definition) is 8. The molecule has 1 heterocycles. The molecular formula is C28H33N5O8. The van der Waals surface area contributed by atoms with Crippen molar-refractivity contribution in [3.63, 3.8) is 0 Å². The number of carbonyl (C=O) groups excluding carboxylic acids is 3. The molecular weight excluding hydrogens is 534 g/mol. The predicted molar refractivity (Wildman–Crippen MR) is 147 cm³/mol. The van der Waals surface area contributed by atoms with Gasteiger partial charge in [0.1, 0.15) is 18.1 Å². The number of aliphatic carboxylic acids is 2. The van der Waals surface area contributed by atoms with Crippen LogP contribution in [0.15, 0.2) is 60.8 Å². The van der Waals surface area contributed by atoms with Crippen molar-refractivity contribution in [2.45, 2.75) is 56.5 Å². The van der Waals surface area contributed by atoms with Gasteiger partial charge in [-0.1, -0.05) is 48.5 Å². The molecule has 0 bridgehead atoms. The number of benzene rings is 2. The number of nitrogens with two attached hydrogens (primary N) is 1. The molecule has 3 amide bonds. The van der Waals surface area contributed by atoms with Gasteiger partial charge in [0, 0.05) is 23.5 Å². The van der Waals surface area contributed by atoms with E-state index in [4.69, 9.17) is 5.73 Å². The molecule has 3 rings (SSSR count). The van der Waals surface area contributed by atoms with Crippen LogP contribution in [0, 0.1) is 0 Å². The summed E-state index contributed by atoms with van der Waals surface area (Å²) in [6, 6.07) is 10.1. The summed E-state index contributed by atoms with van der Waals surface area (Å²) in [6.07, 6.45) is -0.595. The van der Waals surface area contributed by atoms with Gasteiger partial charge in [-0.15, -0.1) is 0 Å². The van der Waals surface area contributed by atoms with E-state index in [9.17, 15) is 39.3 Å². The van der Waals surface area contributed by atoms with Crippen LogP contribution < -0.4 is 21.7 Å². The lowest BCUT2D eigenvalue weighted by molar-refractivity contribution is -0.144. The van der Waals surface area contributed by atoms with Crippen molar-refractivity contribution in [1.29, 1.82) is 0 Å². The van der Waals surface area contributed by atoms with Crippen LogP contribution in [-0.2, 0) is 36.8 Å². The van der Waals surface area contributed by atoms with Gasteiger partial charge in [0.05, 0.1) is 18.6 Å². The lowest BCUT2D eigenvalue weighted by Crippen LogP contribution is -2.60. The summed E-state index contributed by atoms with van der Waals surface area (Å²) >= 11 is 0. The number of carboxylic acids is 2. The van der Waals surface area contributed by atoms with Crippen LogP contribution in [0.1, 0.15) is 24.5 Å². The third kappa shape index (κ3) is 8.62. The highest BCUT2D eigenvalue weighted by atomic mass is 16.4. The zero-order valence-corrected chi connectivity index (χ0v) is 22.2. The highest BCUT2D eigenvalue weighted by Gasteiger charge is 2.33. The maximum atomic E-state index is 13.0. The number of H-pyrrole nitrogens is 1. The zero-order chi connectivity index (χ0) is 30.1. The molecule has 2 aromatic carbocycles. The number of carboxylic acid groups (broad SMARTS) is 2. The van der Waals surface area contributed by atoms with Crippen LogP contribution in [0.5, 0.6) is 0 Å². The Labute approximate surface area is 235 Å². The van der Waals surface area contributed by atoms with E-state index in [1.165, 1.54) is 6.92 Å². The molecule has 0 spiro atoms. The third-order valence-corrected chi connectivity index (χ3v) is 6.42. The molecule has 1 aromatic heterocycles. The van der Waals surface area contributed by atoms with E-state index in [0.717, 1.165) is 16.5 Å². The number of hydrogen-bond acceptors (Lipinski definition) is 7. The van der Waals surface area contributed by atoms with Crippen LogP contribution in [0.2, 0.25) is 0 Å². The molecule has 0 radical (unpaired) electrons. The van der Waals surface area contributed by atoms with E-state index in [1.807, 2.05) is 24.3 Å². The van der Waals surface area contributed by atoms with Crippen molar-refractivity contribution < 1.29 is 39.3 Å². The Morgan fingerprint density at radius 3 is 2.10 bits per heavy atom. The number of aromatic amines is 1. The Hall–Kier alpha value is -4.75. The predicted octanol–water partition coefficient (Wildman–Crippen LogP) is -0.325. The highest BCUT2D eigenvalue weighted by Crippen LogP contribution is 2.19. The maximum Gasteiger partial charge on any atom is 0.326 e. The number of nitrogens with one attached hydrogen (secondary N) is 4. The van der Waals surface area contributed by atoms with Crippen LogP contribution in [-0.4, -0.2) is 80.2 Å². The molecule has 0 fully saturated rings. The summed E-state index contributed by atoms with van der Waals surface area (Å²) in [4.78, 5) is 65.0. The van der Waals surface area contributed by atoms with Gasteiger partial charge in [-0.25, -0.2) is 4.79 Å². The molecule has 5 atom stereocenters. The minimum Gasteiger partial charge on any atom is -0.481 e. The number of fused-ring (bicyclic) bond motifs is 1. The van der Waals surface area contributed by atoms with Gasteiger partial charge in [-0.2, -0.15) is 0 Å². The minimum absolute atomic E-state index is 0.0611. The van der Waals surface area contributed by atoms with Gasteiger partial charge in [-0.05, 0) is 30.5 Å². The normalized spacial score (nSPS) is 14.7. The SMILES string of the molecule is CC(O)C(NC(=O)C(CC(=O)O)NC(=O)C(N)Cc1c[nH]c2ccccc12)C(=O)NC(Cc1ccccc1)C(=O)O. The summed E-state index contributed by atoms with van der Waals surface area (Å²) < 4.78 is 0. The van der Waals surface area contributed by atoms with Crippen molar-refractivity contribution >= 4 is 40.6 Å². The Kier molecular flexibility index (Phi) is 10.6. The van der Waals surface area contributed by atoms with E-state index in [1.54, 1.807) is 36.5 Å². The Morgan fingerprint density at radius 1 is 0.829 bits per heavy atom. The van der Waals surface area contributed by atoms with Gasteiger partial charge < -0.3 is 42.0 Å². The standard InChI is InChI=1S/C28H33N5O8/c1-15(34)24(27(39)32-22(28(40)41)11-16-7-3-2-4-8-16)33-26(38)21(13-23(35)36)31-25(37)19(29)12-17-14-30-20-10-6-5-9-18(17)20/h2-10,14-15,19,21-22,24,30,34H,11-13,29H2,1H3,(H,31,37)(H,32,39)(H,33,38)(H,35,36)(H,40,41). The fourth-order valence-electron chi connectivity index (χ4n) is 4.26. The molecule has 13 heteroatoms. The molecule has 0 saturated heterocycles. The Balaban J connectivity index is 1.68. The molecule has 0 aliphatic carbocycles. The molecule has 13 nitrogen and oxygen atoms in total. The fraction of sp³-hybridized carbons (Fsp3) is 0.321. The molecule has 0 aliphatic rings. The number of carbonyl (C=O) groups is 5. The quantitative estimate of drug-likeness (QED) is 0.128. The minimum atomic E-state index is -1.65. The monoisotopic (exact) mass is 567 g/mol. The first-order chi connectivity index (χ1) is 19.5. The second kappa shape index (κ2) is 14.1. The second-order valence-electron chi connectivity index (χ2n) is 9.65. The molecule has 218 valence electrons. The van der Waals surface area contributed by atoms with Gasteiger partial charge in [-0.3, -0.25) is 19.2 Å². The number of rotatable bonds is 14. The Bertz CT molecular complexity index is 1390. The molecule has 3 aromatic rings. The summed E-state index contributed by atoms with van der Waals surface area (Å²) in [5, 5.41) is 36.8. The fourth-order valence-corrected chi connectivity index (χ4v) is 4.26. The van der Waals surface area contributed by atoms with E-state index in [0.29, 0.717) is 5.56 Å². The van der Waals surface area contributed by atoms with Crippen LogP contribution >= 0.6 is 0 Å². The Morgan fingerprint density at radius 2 is 1.46 bits per heavy atom. The van der Waals surface area contributed by atoms with Crippen LogP contribution in [0.4, 0.5) is 0 Å². The van der Waals surface area contributed by atoms with Crippen molar-refractivity contribution in [2.75, 3.05) is 0 Å². The summed E-state index contributed by atoms with van der Waals surface area (Å²) in [6.45, 7) is 1.19. The molecule has 9 N–H and O–H groups in total. The van der Waals surface area contributed by atoms with E-state index < -0.39 is 66.4 Å². The average molecular weight is 568 g/mol. The van der Waals surface area contributed by atoms with Crippen molar-refractivity contribution in [3.05, 3.63) is 71.9 Å². The van der Waals surface area contributed by atoms with Crippen molar-refractivity contribution in [3.8, 4) is 0 Å². The average Bonchev–Trinajstić information content (AvgIpc) is 3.33. The van der Waals surface area contributed by atoms with Crippen LogP contribution in [0.25, 0.3) is 10.9 Å². The van der Waals surface area contributed by atoms with E-state index in [2.05, 4.69) is 20.9 Å². The van der Waals surface area contributed by atoms with Gasteiger partial charge in [0.25, 0.3) is 0 Å². The van der Waals surface area contributed by atoms with E-state index in [-0.39, 0.29) is 12.8 Å². The molecule has 0 aliphatic heterocycles. The molecule has 41 heavy (non-hydrogen) atoms. The first kappa shape index (κ1) is 30.8. The number of aliphatic hydroxyl groups is 1. The smallest absolute Gasteiger partial charge is 0.326 e. The second-order valence-corrected chi connectivity index (χ2v) is 9.65. The number of para-hydroxylation sites is 1. The topological polar surface area (TPSA) is 224 Å². The summed E-state index contributed by atoms with van der Waals surface area (Å²) in [7, 11) is 0. The van der Waals surface area contributed by atoms with Gasteiger partial charge in [0.2, 0.25) is 17.7 Å². The summed E-state index contributed by atoms with van der Waals surface area (Å²) in [5.74, 6) is -5.63. The van der Waals surface area contributed by atoms with Gasteiger partial charge >= 0.3 is 11.9 Å². The lowest BCUT2D eigenvalue weighted by atomic mass is 10.0. The first-order valence-electron chi connectivity index (χ1n) is 12.8. The largest absolute Gasteiger partial charge is 0.481 e. The molecule has 5 unspecified atom stereocenters. The number of aromatic nitrogens is 1. The summed E-state index contributed by atoms with van der Waals surface area (Å²) in [5.41, 5.74) is 8.28. The molecule has 0 saturated carbocycles. The van der Waals surface area contributed by atoms with Crippen LogP contribution in [0.3, 0.4) is 0 Å². The van der Waals surface area contributed by atoms with E-state index >= 15 is 0 Å². The lowest BCUT2D eigenvalue weighted by Gasteiger charge is -2.26. The first-order valence-corrected chi connectivity index (χ1v) is 12.8. The van der Waals surface area contributed by atoms with Gasteiger partial charge in [0.15, 0.2) is 0 Å². The van der Waals surface area contributed by atoms with Crippen molar-refractivity contribution in [1.82, 2.24) is 20.9 Å². The highest BCUT2D eigenvalue weighted by molar-refractivity contribution is 5.96. The third-order valence-electron chi connectivity index (χ3n) is 6.42. The number of aliphatic hydroxyl groups excluding tert-OH is 1. The number of amides is 3.